The van der Waals surface area contributed by atoms with Crippen molar-refractivity contribution in [3.8, 4) is 9.88 Å². The Morgan fingerprint density at radius 2 is 2.19 bits per heavy atom. The molecule has 3 rings (SSSR count). The van der Waals surface area contributed by atoms with Gasteiger partial charge >= 0.3 is 0 Å². The first-order valence-electron chi connectivity index (χ1n) is 6.07. The van der Waals surface area contributed by atoms with Gasteiger partial charge in [0.15, 0.2) is 0 Å². The van der Waals surface area contributed by atoms with Gasteiger partial charge < -0.3 is 5.32 Å². The Balaban J connectivity index is 1.73. The summed E-state index contributed by atoms with van der Waals surface area (Å²) in [5.41, 5.74) is 1.10. The van der Waals surface area contributed by atoms with Crippen LogP contribution in [0.4, 0.5) is 5.69 Å². The topological polar surface area (TPSA) is 54.9 Å². The lowest BCUT2D eigenvalue weighted by molar-refractivity contribution is 0.102. The summed E-state index contributed by atoms with van der Waals surface area (Å²) < 4.78 is 0. The molecule has 7 heteroatoms. The number of anilines is 1. The van der Waals surface area contributed by atoms with Crippen molar-refractivity contribution in [2.24, 2.45) is 0 Å². The smallest absolute Gasteiger partial charge is 0.275 e. The fourth-order valence-corrected chi connectivity index (χ4v) is 3.64. The van der Waals surface area contributed by atoms with Gasteiger partial charge in [-0.15, -0.1) is 34.4 Å². The van der Waals surface area contributed by atoms with E-state index in [1.165, 1.54) is 11.3 Å². The molecule has 21 heavy (non-hydrogen) atoms. The van der Waals surface area contributed by atoms with Gasteiger partial charge in [-0.3, -0.25) is 4.79 Å². The van der Waals surface area contributed by atoms with Gasteiger partial charge in [-0.2, -0.15) is 0 Å². The Hall–Kier alpha value is -1.70. The quantitative estimate of drug-likeness (QED) is 0.726. The molecule has 3 heterocycles. The third-order valence-electron chi connectivity index (χ3n) is 2.67. The monoisotopic (exact) mass is 333 g/mol. The van der Waals surface area contributed by atoms with Crippen LogP contribution >= 0.6 is 34.4 Å². The summed E-state index contributed by atoms with van der Waals surface area (Å²) in [5.74, 6) is -0.215. The highest BCUT2D eigenvalue weighted by Crippen LogP contribution is 2.28. The zero-order valence-electron chi connectivity index (χ0n) is 11.1. The molecule has 0 radical (unpaired) electrons. The zero-order valence-corrected chi connectivity index (χ0v) is 13.5. The molecule has 0 spiro atoms. The number of thiazole rings is 1. The Morgan fingerprint density at radius 3 is 2.86 bits per heavy atom. The van der Waals surface area contributed by atoms with Crippen molar-refractivity contribution in [1.82, 2.24) is 9.97 Å². The van der Waals surface area contributed by atoms with Crippen LogP contribution in [0, 0.1) is 0 Å². The van der Waals surface area contributed by atoms with Crippen LogP contribution < -0.4 is 5.32 Å². The fourth-order valence-electron chi connectivity index (χ4n) is 1.66. The summed E-state index contributed by atoms with van der Waals surface area (Å²) in [6.07, 6.45) is 3.61. The maximum atomic E-state index is 12.2. The molecule has 0 unspecified atom stereocenters. The SMILES string of the molecule is CSc1ccc(NC(=O)c2csc(-c3cccs3)n2)cn1. The maximum absolute atomic E-state index is 12.2. The number of amides is 1. The minimum Gasteiger partial charge on any atom is -0.319 e. The van der Waals surface area contributed by atoms with E-state index in [2.05, 4.69) is 15.3 Å². The molecular weight excluding hydrogens is 322 g/mol. The van der Waals surface area contributed by atoms with Gasteiger partial charge in [0.2, 0.25) is 0 Å². The Bertz CT molecular complexity index is 735. The van der Waals surface area contributed by atoms with Gasteiger partial charge in [0.25, 0.3) is 5.91 Å². The normalized spacial score (nSPS) is 10.5. The number of nitrogens with one attached hydrogen (secondary N) is 1. The number of thioether (sulfide) groups is 1. The Labute approximate surface area is 134 Å². The predicted octanol–water partition coefficient (Wildman–Crippen LogP) is 4.24. The van der Waals surface area contributed by atoms with Crippen LogP contribution in [0.25, 0.3) is 9.88 Å². The minimum atomic E-state index is -0.215. The van der Waals surface area contributed by atoms with Gasteiger partial charge in [0.05, 0.1) is 21.8 Å². The van der Waals surface area contributed by atoms with Gasteiger partial charge in [-0.1, -0.05) is 6.07 Å². The molecule has 0 aliphatic heterocycles. The molecule has 1 amide bonds. The van der Waals surface area contributed by atoms with E-state index in [1.807, 2.05) is 35.9 Å². The lowest BCUT2D eigenvalue weighted by Crippen LogP contribution is -2.12. The second-order valence-electron chi connectivity index (χ2n) is 4.06. The van der Waals surface area contributed by atoms with Gasteiger partial charge in [-0.25, -0.2) is 9.97 Å². The molecule has 0 bridgehead atoms. The van der Waals surface area contributed by atoms with Gasteiger partial charge in [0.1, 0.15) is 10.7 Å². The summed E-state index contributed by atoms with van der Waals surface area (Å²) in [6, 6.07) is 7.68. The largest absolute Gasteiger partial charge is 0.319 e. The van der Waals surface area contributed by atoms with Crippen LogP contribution in [0.5, 0.6) is 0 Å². The summed E-state index contributed by atoms with van der Waals surface area (Å²) >= 11 is 4.65. The number of carbonyl (C=O) groups excluding carboxylic acids is 1. The number of carbonyl (C=O) groups is 1. The van der Waals surface area contributed by atoms with Crippen LogP contribution in [-0.2, 0) is 0 Å². The van der Waals surface area contributed by atoms with E-state index in [4.69, 9.17) is 0 Å². The van der Waals surface area contributed by atoms with E-state index in [0.29, 0.717) is 11.4 Å². The van der Waals surface area contributed by atoms with E-state index in [1.54, 1.807) is 34.7 Å². The van der Waals surface area contributed by atoms with Crippen molar-refractivity contribution in [1.29, 1.82) is 0 Å². The average molecular weight is 333 g/mol. The number of hydrogen-bond acceptors (Lipinski definition) is 6. The van der Waals surface area contributed by atoms with Crippen molar-refractivity contribution in [2.75, 3.05) is 11.6 Å². The number of nitrogens with zero attached hydrogens (tertiary/aromatic N) is 2. The second kappa shape index (κ2) is 6.38. The summed E-state index contributed by atoms with van der Waals surface area (Å²) in [7, 11) is 0. The van der Waals surface area contributed by atoms with Crippen molar-refractivity contribution in [2.45, 2.75) is 5.03 Å². The molecule has 0 aromatic carbocycles. The molecule has 0 atom stereocenters. The lowest BCUT2D eigenvalue weighted by atomic mass is 10.4. The van der Waals surface area contributed by atoms with Gasteiger partial charge in [0, 0.05) is 5.38 Å². The molecule has 3 aromatic rings. The van der Waals surface area contributed by atoms with E-state index >= 15 is 0 Å². The van der Waals surface area contributed by atoms with Gasteiger partial charge in [-0.05, 0) is 29.8 Å². The van der Waals surface area contributed by atoms with E-state index in [-0.39, 0.29) is 5.91 Å². The van der Waals surface area contributed by atoms with Crippen LogP contribution in [0.2, 0.25) is 0 Å². The highest BCUT2D eigenvalue weighted by atomic mass is 32.2. The molecule has 1 N–H and O–H groups in total. The standard InChI is InChI=1S/C14H11N3OS3/c1-19-12-5-4-9(7-15-12)16-13(18)10-8-21-14(17-10)11-3-2-6-20-11/h2-8H,1H3,(H,16,18). The summed E-state index contributed by atoms with van der Waals surface area (Å²) in [6.45, 7) is 0. The van der Waals surface area contributed by atoms with Crippen molar-refractivity contribution < 1.29 is 4.79 Å². The summed E-state index contributed by atoms with van der Waals surface area (Å²) in [5, 5.41) is 8.36. The Kier molecular flexibility index (Phi) is 4.33. The highest BCUT2D eigenvalue weighted by Gasteiger charge is 2.12. The summed E-state index contributed by atoms with van der Waals surface area (Å²) in [4.78, 5) is 21.8. The average Bonchev–Trinajstić information content (AvgIpc) is 3.19. The van der Waals surface area contributed by atoms with E-state index in [9.17, 15) is 4.79 Å². The number of hydrogen-bond donors (Lipinski definition) is 1. The fraction of sp³-hybridized carbons (Fsp3) is 0.0714. The number of pyridine rings is 1. The third kappa shape index (κ3) is 3.31. The molecular formula is C14H11N3OS3. The number of aromatic nitrogens is 2. The lowest BCUT2D eigenvalue weighted by Gasteiger charge is -2.03. The number of thiophene rings is 1. The molecule has 0 aliphatic rings. The minimum absolute atomic E-state index is 0.215. The number of rotatable bonds is 4. The zero-order chi connectivity index (χ0) is 14.7. The molecule has 0 aliphatic carbocycles. The molecule has 3 aromatic heterocycles. The van der Waals surface area contributed by atoms with Crippen LogP contribution in [0.15, 0.2) is 46.2 Å². The Morgan fingerprint density at radius 1 is 1.29 bits per heavy atom. The highest BCUT2D eigenvalue weighted by molar-refractivity contribution is 7.98. The molecule has 0 saturated heterocycles. The molecule has 106 valence electrons. The maximum Gasteiger partial charge on any atom is 0.275 e. The second-order valence-corrected chi connectivity index (χ2v) is 6.69. The first-order valence-corrected chi connectivity index (χ1v) is 9.05. The van der Waals surface area contributed by atoms with Crippen molar-refractivity contribution in [3.05, 3.63) is 46.9 Å². The first kappa shape index (κ1) is 14.2. The van der Waals surface area contributed by atoms with E-state index in [0.717, 1.165) is 14.9 Å². The molecule has 0 saturated carbocycles. The molecule has 0 fully saturated rings. The van der Waals surface area contributed by atoms with Crippen molar-refractivity contribution in [3.63, 3.8) is 0 Å². The molecule has 4 nitrogen and oxygen atoms in total. The van der Waals surface area contributed by atoms with Crippen LogP contribution in [0.1, 0.15) is 10.5 Å². The van der Waals surface area contributed by atoms with Crippen molar-refractivity contribution >= 4 is 46.0 Å². The van der Waals surface area contributed by atoms with E-state index < -0.39 is 0 Å². The third-order valence-corrected chi connectivity index (χ3v) is 5.21. The predicted molar refractivity (Wildman–Crippen MR) is 89.4 cm³/mol. The van der Waals surface area contributed by atoms with Crippen LogP contribution in [-0.4, -0.2) is 22.1 Å². The first-order chi connectivity index (χ1) is 10.3. The van der Waals surface area contributed by atoms with Crippen LogP contribution in [0.3, 0.4) is 0 Å².